The van der Waals surface area contributed by atoms with Crippen molar-refractivity contribution in [3.63, 3.8) is 0 Å². The first-order valence-corrected chi connectivity index (χ1v) is 9.53. The number of aromatic nitrogens is 2. The summed E-state index contributed by atoms with van der Waals surface area (Å²) in [6, 6.07) is 2.24. The first kappa shape index (κ1) is 20.4. The predicted octanol–water partition coefficient (Wildman–Crippen LogP) is 3.45. The Bertz CT molecular complexity index is 1000. The van der Waals surface area contributed by atoms with E-state index < -0.39 is 29.7 Å². The van der Waals surface area contributed by atoms with Crippen LogP contribution in [0.2, 0.25) is 10.2 Å². The van der Waals surface area contributed by atoms with Gasteiger partial charge in [0.2, 0.25) is 5.91 Å². The molecule has 1 aromatic carbocycles. The third kappa shape index (κ3) is 3.93. The Balaban J connectivity index is 1.97. The molecule has 3 rings (SSSR count). The van der Waals surface area contributed by atoms with Crippen molar-refractivity contribution in [2.45, 2.75) is 39.3 Å². The van der Waals surface area contributed by atoms with Gasteiger partial charge >= 0.3 is 5.97 Å². The quantitative estimate of drug-likeness (QED) is 0.582. The minimum absolute atomic E-state index is 0.0126. The van der Waals surface area contributed by atoms with E-state index in [1.165, 1.54) is 10.7 Å². The van der Waals surface area contributed by atoms with Gasteiger partial charge in [-0.1, -0.05) is 23.2 Å². The molecular formula is C18H18Cl2FN3O4. The van der Waals surface area contributed by atoms with E-state index in [0.717, 1.165) is 18.9 Å². The molecule has 0 aliphatic carbocycles. The number of carbonyl (C=O) groups is 2. The van der Waals surface area contributed by atoms with Crippen molar-refractivity contribution in [2.75, 3.05) is 11.9 Å². The fourth-order valence-corrected chi connectivity index (χ4v) is 3.68. The summed E-state index contributed by atoms with van der Waals surface area (Å²) in [7, 11) is 0. The number of nitrogens with one attached hydrogen (secondary N) is 1. The Morgan fingerprint density at radius 2 is 1.89 bits per heavy atom. The zero-order valence-electron chi connectivity index (χ0n) is 15.1. The van der Waals surface area contributed by atoms with Crippen LogP contribution in [-0.2, 0) is 27.4 Å². The SMILES string of the molecule is CCOC(=O)CC(=O)Nc1cc(-c2c(Cl)n3n(c2=O)CCCC3)c(F)cc1Cl. The van der Waals surface area contributed by atoms with E-state index in [4.69, 9.17) is 27.9 Å². The third-order valence-electron chi connectivity index (χ3n) is 4.37. The highest BCUT2D eigenvalue weighted by atomic mass is 35.5. The van der Waals surface area contributed by atoms with E-state index in [-0.39, 0.29) is 33.6 Å². The lowest BCUT2D eigenvalue weighted by atomic mass is 10.1. The molecule has 28 heavy (non-hydrogen) atoms. The smallest absolute Gasteiger partial charge is 0.315 e. The van der Waals surface area contributed by atoms with Gasteiger partial charge in [0.25, 0.3) is 5.56 Å². The highest BCUT2D eigenvalue weighted by Gasteiger charge is 2.25. The molecule has 2 aromatic rings. The topological polar surface area (TPSA) is 82.3 Å². The van der Waals surface area contributed by atoms with Crippen molar-refractivity contribution in [3.8, 4) is 11.1 Å². The molecule has 0 radical (unpaired) electrons. The van der Waals surface area contributed by atoms with Gasteiger partial charge in [0.15, 0.2) is 0 Å². The number of anilines is 1. The molecule has 1 N–H and O–H groups in total. The molecule has 0 saturated heterocycles. The van der Waals surface area contributed by atoms with Gasteiger partial charge in [-0.15, -0.1) is 0 Å². The number of carbonyl (C=O) groups excluding carboxylic acids is 2. The second kappa shape index (κ2) is 8.36. The lowest BCUT2D eigenvalue weighted by Crippen LogP contribution is -2.27. The van der Waals surface area contributed by atoms with Crippen LogP contribution in [0.1, 0.15) is 26.2 Å². The molecule has 1 aliphatic heterocycles. The van der Waals surface area contributed by atoms with Crippen molar-refractivity contribution in [1.29, 1.82) is 0 Å². The highest BCUT2D eigenvalue weighted by molar-refractivity contribution is 6.34. The number of rotatable bonds is 5. The van der Waals surface area contributed by atoms with Crippen LogP contribution >= 0.6 is 23.2 Å². The number of esters is 1. The van der Waals surface area contributed by atoms with E-state index in [1.807, 2.05) is 0 Å². The summed E-state index contributed by atoms with van der Waals surface area (Å²) in [4.78, 5) is 36.2. The van der Waals surface area contributed by atoms with Gasteiger partial charge < -0.3 is 10.1 Å². The van der Waals surface area contributed by atoms with Gasteiger partial charge in [0.05, 0.1) is 22.9 Å². The van der Waals surface area contributed by atoms with E-state index >= 15 is 0 Å². The maximum atomic E-state index is 14.6. The second-order valence-corrected chi connectivity index (χ2v) is 7.03. The molecule has 1 aromatic heterocycles. The van der Waals surface area contributed by atoms with Gasteiger partial charge in [-0.25, -0.2) is 9.07 Å². The van der Waals surface area contributed by atoms with Crippen LogP contribution in [0.5, 0.6) is 0 Å². The molecular weight excluding hydrogens is 412 g/mol. The molecule has 0 fully saturated rings. The highest BCUT2D eigenvalue weighted by Crippen LogP contribution is 2.34. The summed E-state index contributed by atoms with van der Waals surface area (Å²) in [6.07, 6.45) is 1.18. The van der Waals surface area contributed by atoms with Gasteiger partial charge in [0, 0.05) is 18.7 Å². The Morgan fingerprint density at radius 3 is 2.54 bits per heavy atom. The molecule has 0 atom stereocenters. The van der Waals surface area contributed by atoms with Crippen LogP contribution < -0.4 is 10.9 Å². The Labute approximate surface area is 170 Å². The molecule has 7 nitrogen and oxygen atoms in total. The number of benzene rings is 1. The lowest BCUT2D eigenvalue weighted by molar-refractivity contribution is -0.145. The van der Waals surface area contributed by atoms with Gasteiger partial charge in [-0.3, -0.25) is 19.1 Å². The van der Waals surface area contributed by atoms with Crippen LogP contribution in [-0.4, -0.2) is 27.8 Å². The summed E-state index contributed by atoms with van der Waals surface area (Å²) in [6.45, 7) is 2.83. The molecule has 10 heteroatoms. The zero-order chi connectivity index (χ0) is 20.4. The third-order valence-corrected chi connectivity index (χ3v) is 5.07. The maximum Gasteiger partial charge on any atom is 0.315 e. The van der Waals surface area contributed by atoms with Crippen LogP contribution in [0.3, 0.4) is 0 Å². The second-order valence-electron chi connectivity index (χ2n) is 6.27. The molecule has 0 unspecified atom stereocenters. The van der Waals surface area contributed by atoms with Gasteiger partial charge in [-0.2, -0.15) is 0 Å². The normalized spacial score (nSPS) is 13.1. The zero-order valence-corrected chi connectivity index (χ0v) is 16.6. The van der Waals surface area contributed by atoms with Crippen molar-refractivity contribution < 1.29 is 18.7 Å². The van der Waals surface area contributed by atoms with Crippen molar-refractivity contribution >= 4 is 40.8 Å². The molecule has 150 valence electrons. The minimum atomic E-state index is -0.740. The van der Waals surface area contributed by atoms with E-state index in [1.54, 1.807) is 11.6 Å². The predicted molar refractivity (Wildman–Crippen MR) is 103 cm³/mol. The fraction of sp³-hybridized carbons (Fsp3) is 0.389. The summed E-state index contributed by atoms with van der Waals surface area (Å²) in [5, 5.41) is 2.50. The molecule has 0 saturated carbocycles. The van der Waals surface area contributed by atoms with Crippen LogP contribution in [0, 0.1) is 5.82 Å². The summed E-state index contributed by atoms with van der Waals surface area (Å²) < 4.78 is 22.4. The van der Waals surface area contributed by atoms with Gasteiger partial charge in [-0.05, 0) is 31.9 Å². The number of ether oxygens (including phenoxy) is 1. The molecule has 1 aliphatic rings. The summed E-state index contributed by atoms with van der Waals surface area (Å²) in [5.41, 5.74) is -0.398. The first-order chi connectivity index (χ1) is 13.3. The van der Waals surface area contributed by atoms with E-state index in [2.05, 4.69) is 5.32 Å². The molecule has 0 bridgehead atoms. The lowest BCUT2D eigenvalue weighted by Gasteiger charge is -2.17. The molecule has 0 spiro atoms. The molecule has 2 heterocycles. The Kier molecular flexibility index (Phi) is 6.10. The van der Waals surface area contributed by atoms with E-state index in [0.29, 0.717) is 13.1 Å². The number of fused-ring (bicyclic) bond motifs is 1. The van der Waals surface area contributed by atoms with Crippen LogP contribution in [0.15, 0.2) is 16.9 Å². The Hall–Kier alpha value is -2.32. The summed E-state index contributed by atoms with van der Waals surface area (Å²) in [5.74, 6) is -2.10. The average molecular weight is 430 g/mol. The molecule has 1 amide bonds. The number of hydrogen-bond acceptors (Lipinski definition) is 4. The average Bonchev–Trinajstić information content (AvgIpc) is 2.89. The van der Waals surface area contributed by atoms with E-state index in [9.17, 15) is 18.8 Å². The number of nitrogens with zero attached hydrogens (tertiary/aromatic N) is 2. The Morgan fingerprint density at radius 1 is 1.21 bits per heavy atom. The fourth-order valence-electron chi connectivity index (χ4n) is 3.13. The van der Waals surface area contributed by atoms with Crippen molar-refractivity contribution in [3.05, 3.63) is 38.5 Å². The van der Waals surface area contributed by atoms with Gasteiger partial charge in [0.1, 0.15) is 17.4 Å². The van der Waals surface area contributed by atoms with Crippen molar-refractivity contribution in [1.82, 2.24) is 9.36 Å². The number of amides is 1. The monoisotopic (exact) mass is 429 g/mol. The van der Waals surface area contributed by atoms with Crippen LogP contribution in [0.4, 0.5) is 10.1 Å². The number of halogens is 3. The maximum absolute atomic E-state index is 14.6. The standard InChI is InChI=1S/C18H18Cl2FN3O4/c1-2-28-15(26)9-14(25)22-13-7-10(12(21)8-11(13)19)16-17(20)23-5-3-4-6-24(23)18(16)27/h7-8H,2-6,9H2,1H3,(H,22,25). The van der Waals surface area contributed by atoms with Crippen LogP contribution in [0.25, 0.3) is 11.1 Å². The summed E-state index contributed by atoms with van der Waals surface area (Å²) >= 11 is 12.4. The first-order valence-electron chi connectivity index (χ1n) is 8.77. The largest absolute Gasteiger partial charge is 0.466 e. The number of hydrogen-bond donors (Lipinski definition) is 1. The minimum Gasteiger partial charge on any atom is -0.466 e. The van der Waals surface area contributed by atoms with Crippen molar-refractivity contribution in [2.24, 2.45) is 0 Å².